The van der Waals surface area contributed by atoms with E-state index < -0.39 is 5.91 Å². The van der Waals surface area contributed by atoms with Crippen molar-refractivity contribution in [3.05, 3.63) is 0 Å². The zero-order valence-corrected chi connectivity index (χ0v) is 9.01. The summed E-state index contributed by atoms with van der Waals surface area (Å²) in [6.07, 6.45) is 3.16. The third kappa shape index (κ3) is 2.87. The molecule has 3 amide bonds. The number of alkyl halides is 1. The molecule has 1 N–H and O–H groups in total. The first-order chi connectivity index (χ1) is 6.65. The van der Waals surface area contributed by atoms with Gasteiger partial charge in [-0.3, -0.25) is 10.1 Å². The minimum Gasteiger partial charge on any atom is -0.322 e. The summed E-state index contributed by atoms with van der Waals surface area (Å²) in [4.78, 5) is 24.1. The lowest BCUT2D eigenvalue weighted by molar-refractivity contribution is -0.117. The average Bonchev–Trinajstić information content (AvgIpc) is 2.18. The van der Waals surface area contributed by atoms with Gasteiger partial charge in [-0.25, -0.2) is 4.79 Å². The van der Waals surface area contributed by atoms with Gasteiger partial charge in [0.25, 0.3) is 0 Å². The van der Waals surface area contributed by atoms with Crippen LogP contribution in [0.1, 0.15) is 26.2 Å². The highest BCUT2D eigenvalue weighted by Gasteiger charge is 2.23. The highest BCUT2D eigenvalue weighted by molar-refractivity contribution is 6.28. The number of likely N-dealkylation sites (tertiary alicyclic amines) is 1. The van der Waals surface area contributed by atoms with Crippen LogP contribution in [0, 0.1) is 0 Å². The summed E-state index contributed by atoms with van der Waals surface area (Å²) in [6, 6.07) is -0.102. The lowest BCUT2D eigenvalue weighted by atomic mass is 10.0. The van der Waals surface area contributed by atoms with Gasteiger partial charge in [0.05, 0.1) is 0 Å². The molecule has 1 heterocycles. The number of carbonyl (C=O) groups excluding carboxylic acids is 2. The number of nitrogens with zero attached hydrogens (tertiary/aromatic N) is 1. The van der Waals surface area contributed by atoms with Crippen molar-refractivity contribution in [1.82, 2.24) is 10.2 Å². The summed E-state index contributed by atoms with van der Waals surface area (Å²) in [5, 5.41) is 2.25. The third-order valence-corrected chi connectivity index (χ3v) is 2.67. The van der Waals surface area contributed by atoms with Gasteiger partial charge in [0.1, 0.15) is 5.88 Å². The summed E-state index contributed by atoms with van der Waals surface area (Å²) in [5.41, 5.74) is 0. The number of nitrogens with one attached hydrogen (secondary N) is 1. The molecule has 0 aliphatic carbocycles. The highest BCUT2D eigenvalue weighted by atomic mass is 35.5. The quantitative estimate of drug-likeness (QED) is 0.676. The molecular formula is C9H15ClN2O2. The molecule has 0 aromatic carbocycles. The molecule has 1 saturated heterocycles. The van der Waals surface area contributed by atoms with Crippen LogP contribution in [0.3, 0.4) is 0 Å². The fourth-order valence-electron chi connectivity index (χ4n) is 1.62. The van der Waals surface area contributed by atoms with Crippen molar-refractivity contribution >= 4 is 23.5 Å². The normalized spacial score (nSPS) is 21.9. The van der Waals surface area contributed by atoms with Crippen LogP contribution in [0.25, 0.3) is 0 Å². The topological polar surface area (TPSA) is 49.4 Å². The van der Waals surface area contributed by atoms with Crippen LogP contribution >= 0.6 is 11.6 Å². The summed E-state index contributed by atoms with van der Waals surface area (Å²) < 4.78 is 0. The Morgan fingerprint density at radius 2 is 2.21 bits per heavy atom. The minimum atomic E-state index is -0.436. The lowest BCUT2D eigenvalue weighted by Gasteiger charge is -2.32. The number of halogens is 1. The monoisotopic (exact) mass is 218 g/mol. The number of hydrogen-bond acceptors (Lipinski definition) is 2. The average molecular weight is 219 g/mol. The van der Waals surface area contributed by atoms with E-state index in [2.05, 4.69) is 5.32 Å². The van der Waals surface area contributed by atoms with Crippen molar-refractivity contribution in [2.75, 3.05) is 12.4 Å². The Balaban J connectivity index is 2.46. The molecule has 0 aromatic heterocycles. The molecule has 0 aromatic rings. The molecule has 1 rings (SSSR count). The molecule has 0 spiro atoms. The fraction of sp³-hybridized carbons (Fsp3) is 0.778. The lowest BCUT2D eigenvalue weighted by Crippen LogP contribution is -2.49. The summed E-state index contributed by atoms with van der Waals surface area (Å²) in [5.74, 6) is -0.608. The highest BCUT2D eigenvalue weighted by Crippen LogP contribution is 2.15. The van der Waals surface area contributed by atoms with Crippen LogP contribution < -0.4 is 5.32 Å². The van der Waals surface area contributed by atoms with Crippen molar-refractivity contribution in [1.29, 1.82) is 0 Å². The molecule has 1 fully saturated rings. The van der Waals surface area contributed by atoms with Crippen molar-refractivity contribution in [2.24, 2.45) is 0 Å². The van der Waals surface area contributed by atoms with Crippen LogP contribution in [0.5, 0.6) is 0 Å². The maximum atomic E-state index is 11.5. The fourth-order valence-corrected chi connectivity index (χ4v) is 1.69. The van der Waals surface area contributed by atoms with Crippen molar-refractivity contribution in [3.8, 4) is 0 Å². The van der Waals surface area contributed by atoms with Gasteiger partial charge >= 0.3 is 6.03 Å². The number of piperidine rings is 1. The number of amides is 3. The molecule has 1 unspecified atom stereocenters. The molecule has 14 heavy (non-hydrogen) atoms. The molecule has 0 bridgehead atoms. The van der Waals surface area contributed by atoms with Gasteiger partial charge < -0.3 is 4.90 Å². The van der Waals surface area contributed by atoms with E-state index in [9.17, 15) is 9.59 Å². The smallest absolute Gasteiger partial charge is 0.322 e. The first-order valence-electron chi connectivity index (χ1n) is 4.81. The van der Waals surface area contributed by atoms with E-state index in [1.807, 2.05) is 6.92 Å². The van der Waals surface area contributed by atoms with Gasteiger partial charge in [0.2, 0.25) is 5.91 Å². The summed E-state index contributed by atoms with van der Waals surface area (Å²) in [6.45, 7) is 2.71. The maximum Gasteiger partial charge on any atom is 0.324 e. The second kappa shape index (κ2) is 5.20. The Labute approximate surface area is 88.6 Å². The number of urea groups is 1. The predicted octanol–water partition coefficient (Wildman–Crippen LogP) is 1.34. The number of imide groups is 1. The van der Waals surface area contributed by atoms with Gasteiger partial charge in [0, 0.05) is 12.6 Å². The molecule has 1 aliphatic heterocycles. The van der Waals surface area contributed by atoms with Crippen LogP contribution in [0.2, 0.25) is 0 Å². The van der Waals surface area contributed by atoms with E-state index in [0.717, 1.165) is 25.8 Å². The van der Waals surface area contributed by atoms with E-state index in [0.29, 0.717) is 0 Å². The summed E-state index contributed by atoms with van der Waals surface area (Å²) >= 11 is 5.29. The Morgan fingerprint density at radius 1 is 1.50 bits per heavy atom. The second-order valence-corrected chi connectivity index (χ2v) is 3.79. The standard InChI is InChI=1S/C9H15ClN2O2/c1-7-4-2-3-5-12(7)9(14)11-8(13)6-10/h7H,2-6H2,1H3,(H,11,13,14). The second-order valence-electron chi connectivity index (χ2n) is 3.53. The van der Waals surface area contributed by atoms with Gasteiger partial charge in [-0.15, -0.1) is 11.6 Å². The molecule has 0 radical (unpaired) electrons. The van der Waals surface area contributed by atoms with Crippen molar-refractivity contribution < 1.29 is 9.59 Å². The van der Waals surface area contributed by atoms with Gasteiger partial charge in [-0.05, 0) is 26.2 Å². The van der Waals surface area contributed by atoms with E-state index >= 15 is 0 Å². The van der Waals surface area contributed by atoms with E-state index in [-0.39, 0.29) is 18.0 Å². The molecule has 4 nitrogen and oxygen atoms in total. The number of rotatable bonds is 1. The van der Waals surface area contributed by atoms with Gasteiger partial charge in [0.15, 0.2) is 0 Å². The third-order valence-electron chi connectivity index (χ3n) is 2.43. The van der Waals surface area contributed by atoms with E-state index in [4.69, 9.17) is 11.6 Å². The zero-order valence-electron chi connectivity index (χ0n) is 8.25. The largest absolute Gasteiger partial charge is 0.324 e. The SMILES string of the molecule is CC1CCCCN1C(=O)NC(=O)CCl. The number of carbonyl (C=O) groups is 2. The van der Waals surface area contributed by atoms with Crippen molar-refractivity contribution in [2.45, 2.75) is 32.2 Å². The van der Waals surface area contributed by atoms with Gasteiger partial charge in [-0.2, -0.15) is 0 Å². The molecule has 1 atom stereocenters. The van der Waals surface area contributed by atoms with E-state index in [1.165, 1.54) is 0 Å². The molecule has 0 saturated carbocycles. The van der Waals surface area contributed by atoms with Gasteiger partial charge in [-0.1, -0.05) is 0 Å². The Bertz CT molecular complexity index is 233. The minimum absolute atomic E-state index is 0.173. The zero-order chi connectivity index (χ0) is 10.6. The number of hydrogen-bond donors (Lipinski definition) is 1. The van der Waals surface area contributed by atoms with Crippen LogP contribution in [0.4, 0.5) is 4.79 Å². The Kier molecular flexibility index (Phi) is 4.20. The maximum absolute atomic E-state index is 11.5. The van der Waals surface area contributed by atoms with Crippen LogP contribution in [0.15, 0.2) is 0 Å². The summed E-state index contributed by atoms with van der Waals surface area (Å²) in [7, 11) is 0. The first kappa shape index (κ1) is 11.3. The Hall–Kier alpha value is -0.770. The van der Waals surface area contributed by atoms with Crippen LogP contribution in [-0.4, -0.2) is 35.3 Å². The molecular weight excluding hydrogens is 204 g/mol. The van der Waals surface area contributed by atoms with E-state index in [1.54, 1.807) is 4.90 Å². The van der Waals surface area contributed by atoms with Crippen LogP contribution in [-0.2, 0) is 4.79 Å². The molecule has 1 aliphatic rings. The predicted molar refractivity (Wildman–Crippen MR) is 54.3 cm³/mol. The molecule has 5 heteroatoms. The Morgan fingerprint density at radius 3 is 2.79 bits per heavy atom. The molecule has 80 valence electrons. The van der Waals surface area contributed by atoms with Crippen molar-refractivity contribution in [3.63, 3.8) is 0 Å². The first-order valence-corrected chi connectivity index (χ1v) is 5.35.